The number of ether oxygens (including phenoxy) is 1. The second-order valence-electron chi connectivity index (χ2n) is 4.00. The second kappa shape index (κ2) is 8.11. The van der Waals surface area contributed by atoms with Crippen molar-refractivity contribution in [3.63, 3.8) is 0 Å². The van der Waals surface area contributed by atoms with Crippen molar-refractivity contribution in [1.29, 1.82) is 0 Å². The number of hydrogen-bond donors (Lipinski definition) is 1. The Labute approximate surface area is 141 Å². The molecule has 9 heteroatoms. The number of benzene rings is 2. The molecule has 0 heterocycles. The van der Waals surface area contributed by atoms with Crippen LogP contribution in [-0.4, -0.2) is 12.1 Å². The third kappa shape index (κ3) is 5.57. The fraction of sp³-hybridized carbons (Fsp3) is 0. The first-order chi connectivity index (χ1) is 11.0. The van der Waals surface area contributed by atoms with Crippen LogP contribution in [0.5, 0.6) is 5.75 Å². The summed E-state index contributed by atoms with van der Waals surface area (Å²) in [6, 6.07) is 13.0. The molecular formula is C14H10Cl2N4O3. The molecule has 0 aliphatic heterocycles. The van der Waals surface area contributed by atoms with Crippen LogP contribution in [0.2, 0.25) is 10.0 Å². The summed E-state index contributed by atoms with van der Waals surface area (Å²) in [5.74, 6) is -0.0816. The molecule has 2 N–H and O–H groups in total. The number of rotatable bonds is 3. The molecule has 0 saturated heterocycles. The van der Waals surface area contributed by atoms with Gasteiger partial charge in [-0.2, -0.15) is 0 Å². The highest BCUT2D eigenvalue weighted by Gasteiger charge is 2.06. The highest BCUT2D eigenvalue weighted by atomic mass is 35.5. The van der Waals surface area contributed by atoms with E-state index in [4.69, 9.17) is 33.7 Å². The molecule has 0 spiro atoms. The molecule has 0 saturated carbocycles. The van der Waals surface area contributed by atoms with E-state index in [1.165, 1.54) is 6.07 Å². The highest BCUT2D eigenvalue weighted by molar-refractivity contribution is 6.36. The lowest BCUT2D eigenvalue weighted by atomic mass is 10.3. The molecule has 2 aromatic carbocycles. The lowest BCUT2D eigenvalue weighted by molar-refractivity contribution is 0.102. The van der Waals surface area contributed by atoms with Gasteiger partial charge in [-0.3, -0.25) is 4.84 Å². The van der Waals surface area contributed by atoms with Crippen molar-refractivity contribution in [2.45, 2.75) is 0 Å². The topological polar surface area (TPSA) is 98.6 Å². The molecule has 23 heavy (non-hydrogen) atoms. The first kappa shape index (κ1) is 16.7. The molecule has 7 nitrogen and oxygen atoms in total. The molecule has 0 radical (unpaired) electrons. The Balaban J connectivity index is 1.92. The Bertz CT molecular complexity index is 751. The van der Waals surface area contributed by atoms with Crippen molar-refractivity contribution < 1.29 is 14.4 Å². The zero-order valence-corrected chi connectivity index (χ0v) is 13.0. The number of guanidine groups is 1. The van der Waals surface area contributed by atoms with Gasteiger partial charge in [-0.15, -0.1) is 10.2 Å². The minimum absolute atomic E-state index is 0.290. The van der Waals surface area contributed by atoms with Gasteiger partial charge < -0.3 is 10.5 Å². The quantitative estimate of drug-likeness (QED) is 0.167. The predicted molar refractivity (Wildman–Crippen MR) is 86.2 cm³/mol. The maximum atomic E-state index is 11.4. The van der Waals surface area contributed by atoms with Crippen molar-refractivity contribution in [3.05, 3.63) is 58.6 Å². The molecule has 0 aliphatic rings. The number of nitrogens with two attached hydrogens (primary N) is 1. The Morgan fingerprint density at radius 2 is 1.83 bits per heavy atom. The van der Waals surface area contributed by atoms with Crippen molar-refractivity contribution in [3.8, 4) is 5.75 Å². The van der Waals surface area contributed by atoms with E-state index in [9.17, 15) is 4.79 Å². The van der Waals surface area contributed by atoms with E-state index in [1.54, 1.807) is 42.5 Å². The van der Waals surface area contributed by atoms with E-state index in [2.05, 4.69) is 20.2 Å². The van der Waals surface area contributed by atoms with E-state index in [0.717, 1.165) is 0 Å². The summed E-state index contributed by atoms with van der Waals surface area (Å²) < 4.78 is 4.83. The first-order valence-corrected chi connectivity index (χ1v) is 6.94. The molecule has 0 unspecified atom stereocenters. The molecule has 2 rings (SSSR count). The van der Waals surface area contributed by atoms with Gasteiger partial charge >= 0.3 is 6.16 Å². The minimum atomic E-state index is -1.06. The van der Waals surface area contributed by atoms with Crippen molar-refractivity contribution >= 4 is 41.0 Å². The summed E-state index contributed by atoms with van der Waals surface area (Å²) in [4.78, 5) is 15.8. The molecular weight excluding hydrogens is 343 g/mol. The van der Waals surface area contributed by atoms with Crippen molar-refractivity contribution in [2.24, 2.45) is 21.1 Å². The van der Waals surface area contributed by atoms with Crippen LogP contribution in [0.25, 0.3) is 0 Å². The lowest BCUT2D eigenvalue weighted by Crippen LogP contribution is -2.12. The van der Waals surface area contributed by atoms with Crippen LogP contribution < -0.4 is 10.5 Å². The first-order valence-electron chi connectivity index (χ1n) is 6.19. The molecule has 0 aliphatic carbocycles. The smallest absolute Gasteiger partial charge is 0.393 e. The number of oxime groups is 1. The standard InChI is InChI=1S/C14H10Cl2N4O3/c15-9-6-7-12(11(16)8-9)18-19-13(17)20-23-14(21)22-10-4-2-1-3-5-10/h1-8H,(H2,17,20). The third-order valence-electron chi connectivity index (χ3n) is 2.33. The molecule has 0 aromatic heterocycles. The maximum absolute atomic E-state index is 11.4. The van der Waals surface area contributed by atoms with Gasteiger partial charge in [-0.1, -0.05) is 41.4 Å². The molecule has 2 aromatic rings. The van der Waals surface area contributed by atoms with Crippen LogP contribution in [0.4, 0.5) is 10.5 Å². The molecule has 0 amide bonds. The average molecular weight is 353 g/mol. The van der Waals surface area contributed by atoms with Gasteiger partial charge in [0.2, 0.25) is 0 Å². The zero-order valence-electron chi connectivity index (χ0n) is 11.5. The summed E-state index contributed by atoms with van der Waals surface area (Å²) in [5.41, 5.74) is 5.77. The number of nitrogens with zero attached hydrogens (tertiary/aromatic N) is 3. The van der Waals surface area contributed by atoms with E-state index in [1.807, 2.05) is 0 Å². The largest absolute Gasteiger partial charge is 0.540 e. The van der Waals surface area contributed by atoms with Crippen LogP contribution in [0.3, 0.4) is 0 Å². The average Bonchev–Trinajstić information content (AvgIpc) is 2.53. The number of hydrogen-bond acceptors (Lipinski definition) is 5. The molecule has 0 atom stereocenters. The second-order valence-corrected chi connectivity index (χ2v) is 4.85. The van der Waals surface area contributed by atoms with Crippen LogP contribution in [0.1, 0.15) is 0 Å². The van der Waals surface area contributed by atoms with Gasteiger partial charge in [-0.25, -0.2) is 4.79 Å². The van der Waals surface area contributed by atoms with Gasteiger partial charge in [0.1, 0.15) is 11.4 Å². The van der Waals surface area contributed by atoms with Crippen LogP contribution in [0.15, 0.2) is 63.9 Å². The summed E-state index contributed by atoms with van der Waals surface area (Å²) in [5, 5.41) is 11.3. The molecule has 0 bridgehead atoms. The number of carbonyl (C=O) groups excluding carboxylic acids is 1. The predicted octanol–water partition coefficient (Wildman–Crippen LogP) is 4.52. The SMILES string of the molecule is N/C(N=Nc1ccc(Cl)cc1Cl)=N\OC(=O)Oc1ccccc1. The normalized spacial score (nSPS) is 11.5. The van der Waals surface area contributed by atoms with Crippen LogP contribution >= 0.6 is 23.2 Å². The maximum Gasteiger partial charge on any atom is 0.540 e. The number of para-hydroxylation sites is 1. The van der Waals surface area contributed by atoms with Gasteiger partial charge in [0, 0.05) is 5.02 Å². The number of azo groups is 1. The summed E-state index contributed by atoms with van der Waals surface area (Å²) in [7, 11) is 0. The van der Waals surface area contributed by atoms with Crippen LogP contribution in [0, 0.1) is 0 Å². The Kier molecular flexibility index (Phi) is 5.90. The van der Waals surface area contributed by atoms with Crippen molar-refractivity contribution in [1.82, 2.24) is 0 Å². The summed E-state index contributed by atoms with van der Waals surface area (Å²) >= 11 is 11.7. The summed E-state index contributed by atoms with van der Waals surface area (Å²) in [6.07, 6.45) is -1.06. The van der Waals surface area contributed by atoms with E-state index < -0.39 is 6.16 Å². The molecule has 118 valence electrons. The monoisotopic (exact) mass is 352 g/mol. The fourth-order valence-corrected chi connectivity index (χ4v) is 1.82. The van der Waals surface area contributed by atoms with Gasteiger partial charge in [0.15, 0.2) is 0 Å². The fourth-order valence-electron chi connectivity index (χ4n) is 1.37. The van der Waals surface area contributed by atoms with E-state index in [-0.39, 0.29) is 5.96 Å². The summed E-state index contributed by atoms with van der Waals surface area (Å²) in [6.45, 7) is 0. The van der Waals surface area contributed by atoms with Gasteiger partial charge in [0.25, 0.3) is 5.96 Å². The Morgan fingerprint density at radius 3 is 2.52 bits per heavy atom. The highest BCUT2D eigenvalue weighted by Crippen LogP contribution is 2.27. The van der Waals surface area contributed by atoms with Crippen molar-refractivity contribution in [2.75, 3.05) is 0 Å². The molecule has 0 fully saturated rings. The Hall–Kier alpha value is -2.64. The third-order valence-corrected chi connectivity index (χ3v) is 2.87. The number of halogens is 2. The van der Waals surface area contributed by atoms with Gasteiger partial charge in [-0.05, 0) is 35.5 Å². The van der Waals surface area contributed by atoms with E-state index in [0.29, 0.717) is 21.5 Å². The Morgan fingerprint density at radius 1 is 1.09 bits per heavy atom. The minimum Gasteiger partial charge on any atom is -0.393 e. The zero-order chi connectivity index (χ0) is 16.7. The van der Waals surface area contributed by atoms with E-state index >= 15 is 0 Å². The number of carbonyl (C=O) groups is 1. The lowest BCUT2D eigenvalue weighted by Gasteiger charge is -2.00. The van der Waals surface area contributed by atoms with Gasteiger partial charge in [0.05, 0.1) is 5.02 Å². The van der Waals surface area contributed by atoms with Crippen LogP contribution in [-0.2, 0) is 4.84 Å².